The van der Waals surface area contributed by atoms with Gasteiger partial charge in [-0.15, -0.1) is 0 Å². The Labute approximate surface area is 278 Å². The van der Waals surface area contributed by atoms with Crippen molar-refractivity contribution in [2.24, 2.45) is 0 Å². The van der Waals surface area contributed by atoms with Crippen molar-refractivity contribution in [3.63, 3.8) is 0 Å². The van der Waals surface area contributed by atoms with Crippen molar-refractivity contribution in [2.45, 2.75) is 200 Å². The molecule has 0 aromatic heterocycles. The molecule has 1 atom stereocenters. The van der Waals surface area contributed by atoms with Gasteiger partial charge in [-0.1, -0.05) is 161 Å². The SMILES string of the molecule is CCCCCCCC/C=C\CCCCCCCC(=O)O[C@H](COCCCCCCCCCCCCCCCC)COP(=O)(O)O. The molecule has 0 bridgehead atoms. The highest BCUT2D eigenvalue weighted by Crippen LogP contribution is 2.36. The van der Waals surface area contributed by atoms with Crippen LogP contribution in [0.2, 0.25) is 0 Å². The normalized spacial score (nSPS) is 12.7. The Morgan fingerprint density at radius 2 is 0.978 bits per heavy atom. The van der Waals surface area contributed by atoms with E-state index in [4.69, 9.17) is 19.3 Å². The lowest BCUT2D eigenvalue weighted by molar-refractivity contribution is -0.154. The lowest BCUT2D eigenvalue weighted by Gasteiger charge is -2.18. The molecule has 0 heterocycles. The maximum atomic E-state index is 12.3. The molecular formula is C37H73O7P. The fourth-order valence-electron chi connectivity index (χ4n) is 5.49. The topological polar surface area (TPSA) is 102 Å². The maximum absolute atomic E-state index is 12.3. The van der Waals surface area contributed by atoms with Gasteiger partial charge in [0.2, 0.25) is 0 Å². The zero-order valence-electron chi connectivity index (χ0n) is 29.5. The summed E-state index contributed by atoms with van der Waals surface area (Å²) in [4.78, 5) is 30.5. The minimum absolute atomic E-state index is 0.0799. The number of rotatable bonds is 36. The monoisotopic (exact) mass is 661 g/mol. The number of ether oxygens (including phenoxy) is 2. The third-order valence-corrected chi connectivity index (χ3v) is 8.80. The fraction of sp³-hybridized carbons (Fsp3) is 0.919. The van der Waals surface area contributed by atoms with Gasteiger partial charge >= 0.3 is 13.8 Å². The highest BCUT2D eigenvalue weighted by Gasteiger charge is 2.21. The van der Waals surface area contributed by atoms with Crippen molar-refractivity contribution < 1.29 is 33.1 Å². The van der Waals surface area contributed by atoms with E-state index in [9.17, 15) is 9.36 Å². The van der Waals surface area contributed by atoms with Crippen LogP contribution in [-0.4, -0.2) is 41.7 Å². The molecule has 0 amide bonds. The number of phosphoric ester groups is 1. The van der Waals surface area contributed by atoms with Gasteiger partial charge in [0.15, 0.2) is 0 Å². The van der Waals surface area contributed by atoms with Crippen molar-refractivity contribution in [3.05, 3.63) is 12.2 Å². The highest BCUT2D eigenvalue weighted by molar-refractivity contribution is 7.46. The molecule has 0 unspecified atom stereocenters. The predicted octanol–water partition coefficient (Wildman–Crippen LogP) is 11.5. The number of unbranched alkanes of at least 4 members (excludes halogenated alkanes) is 24. The summed E-state index contributed by atoms with van der Waals surface area (Å²) in [5, 5.41) is 0. The minimum Gasteiger partial charge on any atom is -0.457 e. The summed E-state index contributed by atoms with van der Waals surface area (Å²) in [6, 6.07) is 0. The molecule has 0 saturated heterocycles. The van der Waals surface area contributed by atoms with E-state index in [0.717, 1.165) is 44.9 Å². The largest absolute Gasteiger partial charge is 0.469 e. The van der Waals surface area contributed by atoms with Crippen molar-refractivity contribution in [1.29, 1.82) is 0 Å². The van der Waals surface area contributed by atoms with Gasteiger partial charge in [-0.2, -0.15) is 0 Å². The number of esters is 1. The molecule has 0 aromatic carbocycles. The number of carbonyl (C=O) groups is 1. The van der Waals surface area contributed by atoms with E-state index < -0.39 is 13.9 Å². The first kappa shape index (κ1) is 44.3. The van der Waals surface area contributed by atoms with Crippen LogP contribution in [0.25, 0.3) is 0 Å². The molecule has 8 heteroatoms. The second-order valence-electron chi connectivity index (χ2n) is 12.9. The predicted molar refractivity (Wildman–Crippen MR) is 188 cm³/mol. The maximum Gasteiger partial charge on any atom is 0.469 e. The molecule has 0 rings (SSSR count). The van der Waals surface area contributed by atoms with Crippen LogP contribution in [0.4, 0.5) is 0 Å². The number of hydrogen-bond acceptors (Lipinski definition) is 5. The van der Waals surface area contributed by atoms with E-state index in [0.29, 0.717) is 13.0 Å². The van der Waals surface area contributed by atoms with Gasteiger partial charge in [0, 0.05) is 13.0 Å². The van der Waals surface area contributed by atoms with E-state index in [1.807, 2.05) is 0 Å². The second-order valence-corrected chi connectivity index (χ2v) is 14.1. The molecule has 0 aliphatic rings. The zero-order valence-corrected chi connectivity index (χ0v) is 30.4. The van der Waals surface area contributed by atoms with E-state index in [1.54, 1.807) is 0 Å². The zero-order chi connectivity index (χ0) is 33.1. The Bertz CT molecular complexity index is 694. The Hall–Kier alpha value is -0.720. The summed E-state index contributed by atoms with van der Waals surface area (Å²) >= 11 is 0. The van der Waals surface area contributed by atoms with Crippen LogP contribution < -0.4 is 0 Å². The summed E-state index contributed by atoms with van der Waals surface area (Å²) in [6.45, 7) is 4.76. The first-order valence-corrected chi connectivity index (χ1v) is 20.5. The molecule has 7 nitrogen and oxygen atoms in total. The molecule has 0 aliphatic heterocycles. The van der Waals surface area contributed by atoms with E-state index in [2.05, 4.69) is 30.5 Å². The molecule has 45 heavy (non-hydrogen) atoms. The van der Waals surface area contributed by atoms with Crippen molar-refractivity contribution in [3.8, 4) is 0 Å². The molecule has 0 spiro atoms. The Balaban J connectivity index is 3.82. The second kappa shape index (κ2) is 34.6. The van der Waals surface area contributed by atoms with Crippen molar-refractivity contribution >= 4 is 13.8 Å². The molecule has 0 fully saturated rings. The van der Waals surface area contributed by atoms with E-state index >= 15 is 0 Å². The van der Waals surface area contributed by atoms with Crippen molar-refractivity contribution in [2.75, 3.05) is 19.8 Å². The quantitative estimate of drug-likeness (QED) is 0.0298. The Kier molecular flexibility index (Phi) is 34.1. The molecule has 0 saturated carbocycles. The summed E-state index contributed by atoms with van der Waals surface area (Å²) < 4.78 is 26.9. The van der Waals surface area contributed by atoms with E-state index in [1.165, 1.54) is 128 Å². The third-order valence-electron chi connectivity index (χ3n) is 8.32. The van der Waals surface area contributed by atoms with Gasteiger partial charge in [0.25, 0.3) is 0 Å². The van der Waals surface area contributed by atoms with Crippen LogP contribution in [-0.2, 0) is 23.4 Å². The van der Waals surface area contributed by atoms with E-state index in [-0.39, 0.29) is 19.2 Å². The van der Waals surface area contributed by atoms with Crippen LogP contribution >= 0.6 is 7.82 Å². The highest BCUT2D eigenvalue weighted by atomic mass is 31.2. The van der Waals surface area contributed by atoms with Gasteiger partial charge < -0.3 is 19.3 Å². The smallest absolute Gasteiger partial charge is 0.457 e. The Morgan fingerprint density at radius 3 is 1.42 bits per heavy atom. The summed E-state index contributed by atoms with van der Waals surface area (Å²) in [5.41, 5.74) is 0. The Morgan fingerprint density at radius 1 is 0.578 bits per heavy atom. The van der Waals surface area contributed by atoms with Crippen LogP contribution in [0.3, 0.4) is 0 Å². The number of hydrogen-bond donors (Lipinski definition) is 2. The first-order valence-electron chi connectivity index (χ1n) is 19.0. The molecular weight excluding hydrogens is 587 g/mol. The van der Waals surface area contributed by atoms with Crippen LogP contribution in [0.15, 0.2) is 12.2 Å². The standard InChI is InChI=1S/C37H73O7P/c1-3-5-7-9-11-13-15-17-19-20-22-24-26-28-30-32-37(38)44-36(35-43-45(39,40)41)34-42-33-31-29-27-25-23-21-18-16-14-12-10-8-6-4-2/h17,19,36H,3-16,18,20-35H2,1-2H3,(H2,39,40,41)/b19-17-/t36-/m1/s1. The number of carbonyl (C=O) groups excluding carboxylic acids is 1. The van der Waals surface area contributed by atoms with Gasteiger partial charge in [-0.25, -0.2) is 4.57 Å². The average molecular weight is 661 g/mol. The summed E-state index contributed by atoms with van der Waals surface area (Å²) in [5.74, 6) is -0.368. The molecule has 2 N–H and O–H groups in total. The first-order chi connectivity index (χ1) is 21.9. The van der Waals surface area contributed by atoms with Crippen LogP contribution in [0.5, 0.6) is 0 Å². The van der Waals surface area contributed by atoms with Gasteiger partial charge in [0.1, 0.15) is 6.10 Å². The number of phosphoric acid groups is 1. The fourth-order valence-corrected chi connectivity index (χ4v) is 5.86. The molecule has 0 radical (unpaired) electrons. The molecule has 0 aliphatic carbocycles. The van der Waals surface area contributed by atoms with Gasteiger partial charge in [-0.05, 0) is 38.5 Å². The third kappa shape index (κ3) is 37.6. The number of allylic oxidation sites excluding steroid dienone is 2. The lowest BCUT2D eigenvalue weighted by atomic mass is 10.0. The van der Waals surface area contributed by atoms with Crippen LogP contribution in [0.1, 0.15) is 194 Å². The molecule has 0 aromatic rings. The molecule has 268 valence electrons. The lowest BCUT2D eigenvalue weighted by Crippen LogP contribution is -2.28. The van der Waals surface area contributed by atoms with Crippen molar-refractivity contribution in [1.82, 2.24) is 0 Å². The average Bonchev–Trinajstić information content (AvgIpc) is 3.01. The van der Waals surface area contributed by atoms with Gasteiger partial charge in [-0.3, -0.25) is 9.32 Å². The summed E-state index contributed by atoms with van der Waals surface area (Å²) in [7, 11) is -4.64. The minimum atomic E-state index is -4.64. The summed E-state index contributed by atoms with van der Waals surface area (Å²) in [6.07, 6.45) is 37.7. The van der Waals surface area contributed by atoms with Crippen LogP contribution in [0, 0.1) is 0 Å². The van der Waals surface area contributed by atoms with Gasteiger partial charge in [0.05, 0.1) is 13.2 Å².